The van der Waals surface area contributed by atoms with E-state index in [1.807, 2.05) is 13.8 Å². The molecule has 3 fully saturated rings. The van der Waals surface area contributed by atoms with Crippen LogP contribution in [0.15, 0.2) is 0 Å². The Morgan fingerprint density at radius 2 is 1.89 bits per heavy atom. The predicted molar refractivity (Wildman–Crippen MR) is 64.5 cm³/mol. The number of hydrogen-bond acceptors (Lipinski definition) is 4. The van der Waals surface area contributed by atoms with E-state index in [0.717, 1.165) is 6.42 Å². The molecule has 5 nitrogen and oxygen atoms in total. The minimum absolute atomic E-state index is 0.0193. The summed E-state index contributed by atoms with van der Waals surface area (Å²) in [6, 6.07) is -0.333. The summed E-state index contributed by atoms with van der Waals surface area (Å²) in [6.45, 7) is 4.60. The molecule has 1 saturated carbocycles. The molecule has 5 heteroatoms. The molecule has 100 valence electrons. The van der Waals surface area contributed by atoms with Gasteiger partial charge in [0.2, 0.25) is 11.8 Å². The summed E-state index contributed by atoms with van der Waals surface area (Å²) in [6.07, 6.45) is 1.76. The van der Waals surface area contributed by atoms with Crippen molar-refractivity contribution in [2.45, 2.75) is 51.3 Å². The first-order chi connectivity index (χ1) is 8.41. The van der Waals surface area contributed by atoms with E-state index >= 15 is 0 Å². The first-order valence-corrected chi connectivity index (χ1v) is 6.63. The van der Waals surface area contributed by atoms with Crippen molar-refractivity contribution in [1.82, 2.24) is 4.90 Å². The largest absolute Gasteiger partial charge is 0.376 e. The minimum atomic E-state index is -0.228. The van der Waals surface area contributed by atoms with E-state index in [0.29, 0.717) is 25.4 Å². The van der Waals surface area contributed by atoms with Gasteiger partial charge in [-0.25, -0.2) is 0 Å². The summed E-state index contributed by atoms with van der Waals surface area (Å²) in [5.74, 6) is 0.141. The first-order valence-electron chi connectivity index (χ1n) is 6.63. The Kier molecular flexibility index (Phi) is 2.54. The third-order valence-electron chi connectivity index (χ3n) is 4.50. The molecule has 4 unspecified atom stereocenters. The highest BCUT2D eigenvalue weighted by Crippen LogP contribution is 2.43. The van der Waals surface area contributed by atoms with Gasteiger partial charge in [0.25, 0.3) is 0 Å². The fourth-order valence-electron chi connectivity index (χ4n) is 3.56. The number of rotatable bonds is 1. The van der Waals surface area contributed by atoms with Crippen molar-refractivity contribution in [2.75, 3.05) is 6.61 Å². The van der Waals surface area contributed by atoms with E-state index in [1.54, 1.807) is 0 Å². The molecule has 2 saturated heterocycles. The third kappa shape index (κ3) is 1.61. The lowest BCUT2D eigenvalue weighted by Crippen LogP contribution is -2.72. The zero-order valence-electron chi connectivity index (χ0n) is 10.9. The van der Waals surface area contributed by atoms with E-state index < -0.39 is 0 Å². The Hall–Kier alpha value is -0.940. The Labute approximate surface area is 107 Å². The van der Waals surface area contributed by atoms with Crippen LogP contribution in [0.5, 0.6) is 0 Å². The topological polar surface area (TPSA) is 72.6 Å². The first kappa shape index (κ1) is 12.1. The fraction of sp³-hybridized carbons (Fsp3) is 0.846. The summed E-state index contributed by atoms with van der Waals surface area (Å²) in [5, 5.41) is 0. The lowest BCUT2D eigenvalue weighted by Gasteiger charge is -2.52. The van der Waals surface area contributed by atoms with Crippen LogP contribution in [0.2, 0.25) is 0 Å². The van der Waals surface area contributed by atoms with Crippen LogP contribution in [0, 0.1) is 11.3 Å². The number of piperidine rings is 1. The number of ether oxygens (including phenoxy) is 1. The molecular weight excluding hydrogens is 232 g/mol. The second-order valence-corrected chi connectivity index (χ2v) is 6.53. The number of imide groups is 1. The van der Waals surface area contributed by atoms with Crippen molar-refractivity contribution < 1.29 is 14.3 Å². The van der Waals surface area contributed by atoms with Gasteiger partial charge in [0, 0.05) is 31.4 Å². The van der Waals surface area contributed by atoms with Gasteiger partial charge >= 0.3 is 0 Å². The van der Waals surface area contributed by atoms with Crippen molar-refractivity contribution >= 4 is 11.8 Å². The highest BCUT2D eigenvalue weighted by Gasteiger charge is 2.58. The van der Waals surface area contributed by atoms with Crippen molar-refractivity contribution in [3.05, 3.63) is 0 Å². The highest BCUT2D eigenvalue weighted by molar-refractivity contribution is 5.99. The molecule has 3 aliphatic rings. The molecule has 2 aliphatic heterocycles. The van der Waals surface area contributed by atoms with Gasteiger partial charge in [-0.05, 0) is 11.8 Å². The standard InChI is InChI=1S/C13H20N2O3/c1-13(2)5-8(16)15(9(17)6-13)11-10(14)7-3-4-18-12(7)11/h7,10-12H,3-6,14H2,1-2H3. The van der Waals surface area contributed by atoms with Crippen molar-refractivity contribution in [2.24, 2.45) is 17.1 Å². The van der Waals surface area contributed by atoms with Crippen LogP contribution in [0.25, 0.3) is 0 Å². The van der Waals surface area contributed by atoms with Gasteiger partial charge in [-0.3, -0.25) is 14.5 Å². The molecule has 0 bridgehead atoms. The average molecular weight is 252 g/mol. The van der Waals surface area contributed by atoms with Crippen LogP contribution in [-0.2, 0) is 14.3 Å². The molecule has 0 radical (unpaired) electrons. The SMILES string of the molecule is CC1(C)CC(=O)N(C2C(N)C3CCOC32)C(=O)C1. The van der Waals surface area contributed by atoms with E-state index in [1.165, 1.54) is 4.90 Å². The molecule has 0 spiro atoms. The number of likely N-dealkylation sites (tertiary alicyclic amines) is 1. The van der Waals surface area contributed by atoms with Crippen LogP contribution in [0.1, 0.15) is 33.1 Å². The van der Waals surface area contributed by atoms with Gasteiger partial charge in [0.1, 0.15) is 0 Å². The molecule has 1 aliphatic carbocycles. The number of carbonyl (C=O) groups excluding carboxylic acids is 2. The van der Waals surface area contributed by atoms with Crippen LogP contribution in [-0.4, -0.2) is 41.5 Å². The summed E-state index contributed by atoms with van der Waals surface area (Å²) < 4.78 is 5.61. The number of nitrogens with zero attached hydrogens (tertiary/aromatic N) is 1. The molecule has 18 heavy (non-hydrogen) atoms. The summed E-state index contributed by atoms with van der Waals surface area (Å²) in [5.41, 5.74) is 5.88. The molecule has 3 rings (SSSR count). The predicted octanol–water partition coefficient (Wildman–Crippen LogP) is 0.276. The van der Waals surface area contributed by atoms with Crippen LogP contribution >= 0.6 is 0 Å². The third-order valence-corrected chi connectivity index (χ3v) is 4.50. The maximum Gasteiger partial charge on any atom is 0.230 e. The van der Waals surface area contributed by atoms with Gasteiger partial charge in [-0.1, -0.05) is 13.8 Å². The second-order valence-electron chi connectivity index (χ2n) is 6.53. The Balaban J connectivity index is 1.80. The number of hydrogen-bond donors (Lipinski definition) is 1. The zero-order valence-corrected chi connectivity index (χ0v) is 10.9. The normalized spacial score (nSPS) is 42.7. The molecule has 0 aromatic rings. The molecular formula is C13H20N2O3. The van der Waals surface area contributed by atoms with Gasteiger partial charge in [-0.15, -0.1) is 0 Å². The van der Waals surface area contributed by atoms with Crippen molar-refractivity contribution in [3.63, 3.8) is 0 Å². The quantitative estimate of drug-likeness (QED) is 0.680. The minimum Gasteiger partial charge on any atom is -0.376 e. The molecule has 2 N–H and O–H groups in total. The number of carbonyl (C=O) groups is 2. The monoisotopic (exact) mass is 252 g/mol. The maximum atomic E-state index is 12.2. The fourth-order valence-corrected chi connectivity index (χ4v) is 3.56. The molecule has 2 heterocycles. The van der Waals surface area contributed by atoms with Gasteiger partial charge in [0.05, 0.1) is 12.1 Å². The maximum absolute atomic E-state index is 12.2. The number of fused-ring (bicyclic) bond motifs is 1. The second kappa shape index (κ2) is 3.78. The van der Waals surface area contributed by atoms with Gasteiger partial charge in [-0.2, -0.15) is 0 Å². The Bertz CT molecular complexity index is 387. The zero-order chi connectivity index (χ0) is 13.1. The summed E-state index contributed by atoms with van der Waals surface area (Å²) in [4.78, 5) is 25.8. The Morgan fingerprint density at radius 3 is 2.50 bits per heavy atom. The van der Waals surface area contributed by atoms with Crippen molar-refractivity contribution in [1.29, 1.82) is 0 Å². The lowest BCUT2D eigenvalue weighted by molar-refractivity contribution is -0.167. The lowest BCUT2D eigenvalue weighted by atomic mass is 9.69. The van der Waals surface area contributed by atoms with E-state index in [9.17, 15) is 9.59 Å². The van der Waals surface area contributed by atoms with Crippen LogP contribution < -0.4 is 5.73 Å². The molecule has 4 atom stereocenters. The average Bonchev–Trinajstić information content (AvgIpc) is 2.65. The van der Waals surface area contributed by atoms with E-state index in [4.69, 9.17) is 10.5 Å². The van der Waals surface area contributed by atoms with Crippen LogP contribution in [0.3, 0.4) is 0 Å². The van der Waals surface area contributed by atoms with E-state index in [-0.39, 0.29) is 35.4 Å². The van der Waals surface area contributed by atoms with Gasteiger partial charge < -0.3 is 10.5 Å². The number of amides is 2. The van der Waals surface area contributed by atoms with Crippen molar-refractivity contribution in [3.8, 4) is 0 Å². The smallest absolute Gasteiger partial charge is 0.230 e. The molecule has 2 amide bonds. The van der Waals surface area contributed by atoms with E-state index in [2.05, 4.69) is 0 Å². The Morgan fingerprint density at radius 1 is 1.28 bits per heavy atom. The molecule has 0 aromatic carbocycles. The number of nitrogens with two attached hydrogens (primary N) is 1. The molecule has 0 aromatic heterocycles. The highest BCUT2D eigenvalue weighted by atomic mass is 16.5. The summed E-state index contributed by atoms with van der Waals surface area (Å²) in [7, 11) is 0. The summed E-state index contributed by atoms with van der Waals surface area (Å²) >= 11 is 0. The van der Waals surface area contributed by atoms with Gasteiger partial charge in [0.15, 0.2) is 0 Å². The van der Waals surface area contributed by atoms with Crippen LogP contribution in [0.4, 0.5) is 0 Å².